The Morgan fingerprint density at radius 1 is 1.32 bits per heavy atom. The molecule has 3 nitrogen and oxygen atoms in total. The van der Waals surface area contributed by atoms with Crippen LogP contribution < -0.4 is 0 Å². The molecule has 3 heteroatoms. The van der Waals surface area contributed by atoms with Crippen molar-refractivity contribution in [3.05, 3.63) is 48.0 Å². The van der Waals surface area contributed by atoms with Gasteiger partial charge in [0.2, 0.25) is 0 Å². The molecule has 0 spiro atoms. The van der Waals surface area contributed by atoms with E-state index >= 15 is 0 Å². The van der Waals surface area contributed by atoms with Crippen LogP contribution in [0.25, 0.3) is 0 Å². The molecule has 0 saturated heterocycles. The maximum absolute atomic E-state index is 10.9. The number of ether oxygens (including phenoxy) is 2. The van der Waals surface area contributed by atoms with E-state index in [9.17, 15) is 4.79 Å². The van der Waals surface area contributed by atoms with E-state index in [0.29, 0.717) is 0 Å². The van der Waals surface area contributed by atoms with E-state index < -0.39 is 6.29 Å². The van der Waals surface area contributed by atoms with Gasteiger partial charge in [-0.15, -0.1) is 0 Å². The van der Waals surface area contributed by atoms with Crippen molar-refractivity contribution < 1.29 is 14.3 Å². The molecular formula is C16H22O3. The van der Waals surface area contributed by atoms with Crippen molar-refractivity contribution in [1.82, 2.24) is 0 Å². The van der Waals surface area contributed by atoms with E-state index in [1.54, 1.807) is 6.92 Å². The molecule has 1 aromatic rings. The number of rotatable bonds is 7. The smallest absolute Gasteiger partial charge is 0.304 e. The second-order valence-electron chi connectivity index (χ2n) is 4.43. The largest absolute Gasteiger partial charge is 0.436 e. The van der Waals surface area contributed by atoms with E-state index in [1.807, 2.05) is 31.2 Å². The third kappa shape index (κ3) is 6.77. The van der Waals surface area contributed by atoms with Crippen LogP contribution in [-0.4, -0.2) is 18.4 Å². The van der Waals surface area contributed by atoms with Gasteiger partial charge >= 0.3 is 5.97 Å². The normalized spacial score (nSPS) is 14.3. The molecule has 0 fully saturated rings. The highest BCUT2D eigenvalue weighted by atomic mass is 16.7. The van der Waals surface area contributed by atoms with Gasteiger partial charge in [-0.25, -0.2) is 0 Å². The predicted octanol–water partition coefficient (Wildman–Crippen LogP) is 3.49. The van der Waals surface area contributed by atoms with Crippen molar-refractivity contribution in [3.8, 4) is 0 Å². The van der Waals surface area contributed by atoms with E-state index in [-0.39, 0.29) is 12.1 Å². The molecule has 1 rings (SSSR count). The van der Waals surface area contributed by atoms with Gasteiger partial charge in [-0.2, -0.15) is 0 Å². The van der Waals surface area contributed by atoms with Crippen molar-refractivity contribution in [2.75, 3.05) is 0 Å². The Morgan fingerprint density at radius 2 is 2.00 bits per heavy atom. The van der Waals surface area contributed by atoms with Gasteiger partial charge in [0.05, 0.1) is 6.10 Å². The van der Waals surface area contributed by atoms with E-state index in [0.717, 1.165) is 12.8 Å². The topological polar surface area (TPSA) is 35.5 Å². The molecule has 0 bridgehead atoms. The molecule has 0 aliphatic rings. The van der Waals surface area contributed by atoms with Crippen LogP contribution in [0.2, 0.25) is 0 Å². The Labute approximate surface area is 115 Å². The van der Waals surface area contributed by atoms with E-state index in [1.165, 1.54) is 12.5 Å². The van der Waals surface area contributed by atoms with E-state index in [2.05, 4.69) is 18.2 Å². The van der Waals surface area contributed by atoms with Gasteiger partial charge in [0, 0.05) is 6.92 Å². The highest BCUT2D eigenvalue weighted by molar-refractivity contribution is 5.65. The number of carbonyl (C=O) groups excluding carboxylic acids is 1. The van der Waals surface area contributed by atoms with Gasteiger partial charge in [0.1, 0.15) is 0 Å². The first-order chi connectivity index (χ1) is 9.11. The van der Waals surface area contributed by atoms with Crippen LogP contribution in [0.1, 0.15) is 32.8 Å². The van der Waals surface area contributed by atoms with Crippen LogP contribution in [0.4, 0.5) is 0 Å². The summed E-state index contributed by atoms with van der Waals surface area (Å²) in [5, 5.41) is 0. The van der Waals surface area contributed by atoms with Gasteiger partial charge in [-0.1, -0.05) is 42.5 Å². The molecule has 0 aliphatic heterocycles. The van der Waals surface area contributed by atoms with Crippen molar-refractivity contribution >= 4 is 5.97 Å². The summed E-state index contributed by atoms with van der Waals surface area (Å²) in [6.07, 6.45) is 5.16. The molecule has 2 atom stereocenters. The molecule has 0 radical (unpaired) electrons. The summed E-state index contributed by atoms with van der Waals surface area (Å²) in [5.74, 6) is -0.322. The molecule has 0 saturated carbocycles. The van der Waals surface area contributed by atoms with Crippen LogP contribution in [0.15, 0.2) is 42.5 Å². The summed E-state index contributed by atoms with van der Waals surface area (Å²) in [6, 6.07) is 10.2. The summed E-state index contributed by atoms with van der Waals surface area (Å²) < 4.78 is 10.8. The Hall–Kier alpha value is -1.61. The summed E-state index contributed by atoms with van der Waals surface area (Å²) in [4.78, 5) is 10.9. The number of allylic oxidation sites excluding steroid dienone is 1. The fourth-order valence-electron chi connectivity index (χ4n) is 1.88. The maximum atomic E-state index is 10.9. The third-order valence-corrected chi connectivity index (χ3v) is 2.66. The number of carbonyl (C=O) groups is 1. The summed E-state index contributed by atoms with van der Waals surface area (Å²) in [6.45, 7) is 5.11. The standard InChI is InChI=1S/C16H22O3/c1-4-5-11-16(19-14(3)18-13(2)17)12-15-9-7-6-8-10-15/h4-10,14,16H,11-12H2,1-3H3/b5-4-. The van der Waals surface area contributed by atoms with Gasteiger partial charge in [0.15, 0.2) is 6.29 Å². The molecule has 104 valence electrons. The average Bonchev–Trinajstić information content (AvgIpc) is 2.36. The molecule has 0 aromatic heterocycles. The first-order valence-corrected chi connectivity index (χ1v) is 6.59. The molecule has 0 amide bonds. The molecule has 0 heterocycles. The lowest BCUT2D eigenvalue weighted by Gasteiger charge is -2.21. The zero-order valence-electron chi connectivity index (χ0n) is 11.8. The average molecular weight is 262 g/mol. The summed E-state index contributed by atoms with van der Waals surface area (Å²) in [7, 11) is 0. The zero-order chi connectivity index (χ0) is 14.1. The van der Waals surface area contributed by atoms with Crippen molar-refractivity contribution in [3.63, 3.8) is 0 Å². The molecule has 2 unspecified atom stereocenters. The Bertz CT molecular complexity index is 398. The number of hydrogen-bond donors (Lipinski definition) is 0. The van der Waals surface area contributed by atoms with Crippen LogP contribution in [0.3, 0.4) is 0 Å². The van der Waals surface area contributed by atoms with Crippen LogP contribution in [0, 0.1) is 0 Å². The van der Waals surface area contributed by atoms with Crippen LogP contribution in [0.5, 0.6) is 0 Å². The second kappa shape index (κ2) is 8.48. The predicted molar refractivity (Wildman–Crippen MR) is 75.7 cm³/mol. The summed E-state index contributed by atoms with van der Waals surface area (Å²) >= 11 is 0. The molecule has 0 aliphatic carbocycles. The number of esters is 1. The zero-order valence-corrected chi connectivity index (χ0v) is 11.8. The Balaban J connectivity index is 2.58. The SMILES string of the molecule is C/C=C\CC(Cc1ccccc1)OC(C)OC(C)=O. The lowest BCUT2D eigenvalue weighted by Crippen LogP contribution is -2.25. The lowest BCUT2D eigenvalue weighted by atomic mass is 10.1. The minimum absolute atomic E-state index is 0.00736. The molecular weight excluding hydrogens is 240 g/mol. The highest BCUT2D eigenvalue weighted by Crippen LogP contribution is 2.12. The maximum Gasteiger partial charge on any atom is 0.304 e. The summed E-state index contributed by atoms with van der Waals surface area (Å²) in [5.41, 5.74) is 1.21. The minimum Gasteiger partial charge on any atom is -0.436 e. The van der Waals surface area contributed by atoms with Crippen molar-refractivity contribution in [1.29, 1.82) is 0 Å². The molecule has 19 heavy (non-hydrogen) atoms. The van der Waals surface area contributed by atoms with Crippen LogP contribution in [-0.2, 0) is 20.7 Å². The first kappa shape index (κ1) is 15.4. The number of hydrogen-bond acceptors (Lipinski definition) is 3. The van der Waals surface area contributed by atoms with Crippen LogP contribution >= 0.6 is 0 Å². The lowest BCUT2D eigenvalue weighted by molar-refractivity contribution is -0.181. The van der Waals surface area contributed by atoms with Gasteiger partial charge in [-0.05, 0) is 32.3 Å². The fraction of sp³-hybridized carbons (Fsp3) is 0.438. The van der Waals surface area contributed by atoms with Gasteiger partial charge < -0.3 is 9.47 Å². The third-order valence-electron chi connectivity index (χ3n) is 2.66. The van der Waals surface area contributed by atoms with Crippen molar-refractivity contribution in [2.45, 2.75) is 46.0 Å². The second-order valence-corrected chi connectivity index (χ2v) is 4.43. The van der Waals surface area contributed by atoms with Gasteiger partial charge in [0.25, 0.3) is 0 Å². The molecule has 1 aromatic carbocycles. The Kier molecular flexibility index (Phi) is 6.90. The first-order valence-electron chi connectivity index (χ1n) is 6.59. The minimum atomic E-state index is -0.517. The number of benzene rings is 1. The highest BCUT2D eigenvalue weighted by Gasteiger charge is 2.14. The molecule has 0 N–H and O–H groups in total. The van der Waals surface area contributed by atoms with Gasteiger partial charge in [-0.3, -0.25) is 4.79 Å². The fourth-order valence-corrected chi connectivity index (χ4v) is 1.88. The van der Waals surface area contributed by atoms with E-state index in [4.69, 9.17) is 9.47 Å². The Morgan fingerprint density at radius 3 is 2.58 bits per heavy atom. The monoisotopic (exact) mass is 262 g/mol. The quantitative estimate of drug-likeness (QED) is 0.428. The van der Waals surface area contributed by atoms with Crippen molar-refractivity contribution in [2.24, 2.45) is 0 Å².